The van der Waals surface area contributed by atoms with E-state index in [2.05, 4.69) is 4.74 Å². The van der Waals surface area contributed by atoms with Gasteiger partial charge in [-0.1, -0.05) is 0 Å². The van der Waals surface area contributed by atoms with Gasteiger partial charge in [0.1, 0.15) is 6.61 Å². The van der Waals surface area contributed by atoms with Crippen LogP contribution in [0.15, 0.2) is 0 Å². The Kier molecular flexibility index (Phi) is 6.98. The van der Waals surface area contributed by atoms with Crippen molar-refractivity contribution in [3.8, 4) is 0 Å². The number of hydrogen-bond acceptors (Lipinski definition) is 3. The quantitative estimate of drug-likeness (QED) is 0.480. The number of hydrogen-bond donors (Lipinski definition) is 2. The zero-order valence-corrected chi connectivity index (χ0v) is 8.52. The molecule has 0 aromatic heterocycles. The molecule has 0 atom stereocenters. The molecule has 16 heavy (non-hydrogen) atoms. The third-order valence-electron chi connectivity index (χ3n) is 1.56. The molecule has 0 aliphatic rings. The highest BCUT2D eigenvalue weighted by atomic mass is 19.3. The Hall–Kier alpha value is -0.890. The van der Waals surface area contributed by atoms with E-state index in [0.29, 0.717) is 0 Å². The van der Waals surface area contributed by atoms with Gasteiger partial charge in [0.2, 0.25) is 5.91 Å². The Morgan fingerprint density at radius 3 is 2.56 bits per heavy atom. The largest absolute Gasteiger partial charge is 0.375 e. The summed E-state index contributed by atoms with van der Waals surface area (Å²) in [7, 11) is 0. The van der Waals surface area contributed by atoms with Crippen molar-refractivity contribution in [3.05, 3.63) is 0 Å². The number of alkyl halides is 4. The molecular formula is C8H14F4N2O2. The van der Waals surface area contributed by atoms with Crippen LogP contribution in [0.3, 0.4) is 0 Å². The van der Waals surface area contributed by atoms with Crippen molar-refractivity contribution in [3.63, 3.8) is 0 Å². The van der Waals surface area contributed by atoms with E-state index >= 15 is 0 Å². The summed E-state index contributed by atoms with van der Waals surface area (Å²) in [6, 6.07) is 0. The first kappa shape index (κ1) is 15.1. The van der Waals surface area contributed by atoms with E-state index in [-0.39, 0.29) is 13.0 Å². The Morgan fingerprint density at radius 2 is 2.06 bits per heavy atom. The van der Waals surface area contributed by atoms with Crippen LogP contribution < -0.4 is 11.1 Å². The first-order chi connectivity index (χ1) is 7.37. The maximum atomic E-state index is 12.5. The highest BCUT2D eigenvalue weighted by Gasteiger charge is 2.26. The van der Waals surface area contributed by atoms with Gasteiger partial charge in [0.15, 0.2) is 0 Å². The van der Waals surface area contributed by atoms with Crippen LogP contribution >= 0.6 is 0 Å². The lowest BCUT2D eigenvalue weighted by atomic mass is 10.3. The van der Waals surface area contributed by atoms with Crippen molar-refractivity contribution in [2.45, 2.75) is 18.8 Å². The van der Waals surface area contributed by atoms with Crippen LogP contribution in [0.5, 0.6) is 0 Å². The maximum Gasteiger partial charge on any atom is 0.277 e. The second kappa shape index (κ2) is 7.39. The van der Waals surface area contributed by atoms with Crippen molar-refractivity contribution >= 4 is 5.91 Å². The molecule has 0 aliphatic heterocycles. The summed E-state index contributed by atoms with van der Waals surface area (Å²) in [5, 5.41) is 1.93. The van der Waals surface area contributed by atoms with E-state index in [1.54, 1.807) is 0 Å². The van der Waals surface area contributed by atoms with Gasteiger partial charge in [-0.3, -0.25) is 4.79 Å². The molecule has 0 radical (unpaired) electrons. The smallest absolute Gasteiger partial charge is 0.277 e. The molecule has 0 rings (SSSR count). The number of halogens is 4. The Morgan fingerprint density at radius 1 is 1.44 bits per heavy atom. The first-order valence-corrected chi connectivity index (χ1v) is 4.58. The summed E-state index contributed by atoms with van der Waals surface area (Å²) < 4.78 is 52.6. The van der Waals surface area contributed by atoms with Crippen LogP contribution in [-0.2, 0) is 9.53 Å². The Bertz CT molecular complexity index is 214. The lowest BCUT2D eigenvalue weighted by molar-refractivity contribution is -0.124. The molecule has 0 saturated heterocycles. The molecule has 96 valence electrons. The minimum atomic E-state index is -3.15. The molecule has 0 spiro atoms. The molecule has 1 amide bonds. The van der Waals surface area contributed by atoms with Gasteiger partial charge in [0.05, 0.1) is 19.7 Å². The molecule has 4 nitrogen and oxygen atoms in total. The van der Waals surface area contributed by atoms with Crippen molar-refractivity contribution in [2.24, 2.45) is 5.73 Å². The highest BCUT2D eigenvalue weighted by Crippen LogP contribution is 2.08. The van der Waals surface area contributed by atoms with Gasteiger partial charge in [0, 0.05) is 6.42 Å². The Balaban J connectivity index is 3.52. The average molecular weight is 246 g/mol. The van der Waals surface area contributed by atoms with E-state index in [9.17, 15) is 22.4 Å². The van der Waals surface area contributed by atoms with Crippen LogP contribution in [0.1, 0.15) is 6.42 Å². The molecule has 8 heteroatoms. The predicted octanol–water partition coefficient (Wildman–Crippen LogP) is 0.368. The van der Waals surface area contributed by atoms with E-state index in [1.807, 2.05) is 5.32 Å². The molecule has 0 aromatic rings. The van der Waals surface area contributed by atoms with Crippen LogP contribution in [0, 0.1) is 0 Å². The van der Waals surface area contributed by atoms with E-state index in [0.717, 1.165) is 0 Å². The zero-order valence-electron chi connectivity index (χ0n) is 8.52. The highest BCUT2D eigenvalue weighted by molar-refractivity contribution is 5.76. The molecule has 0 saturated carbocycles. The molecule has 0 aromatic carbocycles. The fourth-order valence-electron chi connectivity index (χ4n) is 0.726. The van der Waals surface area contributed by atoms with Gasteiger partial charge in [-0.15, -0.1) is 0 Å². The lowest BCUT2D eigenvalue weighted by Crippen LogP contribution is -2.41. The van der Waals surface area contributed by atoms with Gasteiger partial charge in [-0.25, -0.2) is 17.6 Å². The molecule has 0 unspecified atom stereocenters. The molecular weight excluding hydrogens is 232 g/mol. The lowest BCUT2D eigenvalue weighted by Gasteiger charge is -2.14. The minimum absolute atomic E-state index is 0.232. The van der Waals surface area contributed by atoms with Gasteiger partial charge in [-0.2, -0.15) is 0 Å². The normalized spacial score (nSPS) is 11.9. The maximum absolute atomic E-state index is 12.5. The second-order valence-electron chi connectivity index (χ2n) is 3.05. The zero-order chi connectivity index (χ0) is 12.6. The Labute approximate surface area is 90.1 Å². The predicted molar refractivity (Wildman–Crippen MR) is 48.5 cm³/mol. The van der Waals surface area contributed by atoms with E-state index in [1.165, 1.54) is 0 Å². The van der Waals surface area contributed by atoms with Crippen molar-refractivity contribution in [2.75, 3.05) is 26.3 Å². The van der Waals surface area contributed by atoms with Crippen molar-refractivity contribution in [1.29, 1.82) is 0 Å². The number of nitrogens with two attached hydrogens (primary N) is 1. The summed E-state index contributed by atoms with van der Waals surface area (Å²) in [6.45, 7) is -2.73. The van der Waals surface area contributed by atoms with E-state index in [4.69, 9.17) is 5.73 Å². The van der Waals surface area contributed by atoms with Gasteiger partial charge in [0.25, 0.3) is 12.3 Å². The number of nitrogens with one attached hydrogen (secondary N) is 1. The molecule has 0 fully saturated rings. The molecule has 0 aliphatic carbocycles. The third kappa shape index (κ3) is 8.42. The monoisotopic (exact) mass is 246 g/mol. The fourth-order valence-corrected chi connectivity index (χ4v) is 0.726. The number of carbonyl (C=O) groups is 1. The molecule has 0 bridgehead atoms. The van der Waals surface area contributed by atoms with Crippen LogP contribution in [-0.4, -0.2) is 44.6 Å². The van der Waals surface area contributed by atoms with Gasteiger partial charge >= 0.3 is 0 Å². The van der Waals surface area contributed by atoms with Crippen molar-refractivity contribution < 1.29 is 27.1 Å². The van der Waals surface area contributed by atoms with Gasteiger partial charge < -0.3 is 15.8 Å². The number of amides is 1. The SMILES string of the molecule is NCC(F)(F)CNC(=O)CCOCC(F)F. The second-order valence-corrected chi connectivity index (χ2v) is 3.05. The number of carbonyl (C=O) groups excluding carboxylic acids is 1. The van der Waals surface area contributed by atoms with Gasteiger partial charge in [-0.05, 0) is 0 Å². The average Bonchev–Trinajstić information content (AvgIpc) is 2.21. The summed E-state index contributed by atoms with van der Waals surface area (Å²) in [5.41, 5.74) is 4.74. The third-order valence-corrected chi connectivity index (χ3v) is 1.56. The summed E-state index contributed by atoms with van der Waals surface area (Å²) in [6.07, 6.45) is -2.85. The van der Waals surface area contributed by atoms with Crippen LogP contribution in [0.4, 0.5) is 17.6 Å². The van der Waals surface area contributed by atoms with Crippen LogP contribution in [0.2, 0.25) is 0 Å². The molecule has 0 heterocycles. The standard InChI is InChI=1S/C8H14F4N2O2/c9-6(10)3-16-2-1-7(15)14-5-8(11,12)4-13/h6H,1-5,13H2,(H,14,15). The molecule has 3 N–H and O–H groups in total. The summed E-state index contributed by atoms with van der Waals surface area (Å²) >= 11 is 0. The minimum Gasteiger partial charge on any atom is -0.375 e. The van der Waals surface area contributed by atoms with Crippen LogP contribution in [0.25, 0.3) is 0 Å². The summed E-state index contributed by atoms with van der Waals surface area (Å²) in [5.74, 6) is -3.85. The van der Waals surface area contributed by atoms with E-state index < -0.39 is 38.0 Å². The number of rotatable bonds is 8. The number of ether oxygens (including phenoxy) is 1. The fraction of sp³-hybridized carbons (Fsp3) is 0.875. The first-order valence-electron chi connectivity index (χ1n) is 4.58. The topological polar surface area (TPSA) is 64.3 Å². The van der Waals surface area contributed by atoms with Crippen molar-refractivity contribution in [1.82, 2.24) is 5.32 Å². The summed E-state index contributed by atoms with van der Waals surface area (Å²) in [4.78, 5) is 10.9.